The lowest BCUT2D eigenvalue weighted by Crippen LogP contribution is -2.11. The maximum Gasteiger partial charge on any atom is 0.339 e. The molecule has 0 aliphatic heterocycles. The second kappa shape index (κ2) is 8.81. The minimum Gasteiger partial charge on any atom is -0.457 e. The Morgan fingerprint density at radius 2 is 1.80 bits per heavy atom. The Morgan fingerprint density at radius 1 is 1.06 bits per heavy atom. The molecule has 178 valence electrons. The summed E-state index contributed by atoms with van der Waals surface area (Å²) in [7, 11) is 0. The van der Waals surface area contributed by atoms with Gasteiger partial charge in [0.1, 0.15) is 12.4 Å². The number of hydrogen-bond donors (Lipinski definition) is 0. The van der Waals surface area contributed by atoms with Gasteiger partial charge in [-0.25, -0.2) is 9.78 Å². The van der Waals surface area contributed by atoms with Crippen molar-refractivity contribution in [2.75, 3.05) is 0 Å². The molecule has 2 aromatic carbocycles. The van der Waals surface area contributed by atoms with Crippen LogP contribution in [0.4, 0.5) is 0 Å². The van der Waals surface area contributed by atoms with Gasteiger partial charge in [0, 0.05) is 5.39 Å². The lowest BCUT2D eigenvalue weighted by Gasteiger charge is -2.18. The normalized spacial score (nSPS) is 14.5. The number of ether oxygens (including phenoxy) is 1. The third-order valence-electron chi connectivity index (χ3n) is 6.79. The highest BCUT2D eigenvalue weighted by molar-refractivity contribution is 6.07. The van der Waals surface area contributed by atoms with E-state index < -0.39 is 0 Å². The van der Waals surface area contributed by atoms with Gasteiger partial charge in [-0.2, -0.15) is 0 Å². The van der Waals surface area contributed by atoms with Crippen LogP contribution < -0.4 is 0 Å². The Balaban J connectivity index is 1.52. The van der Waals surface area contributed by atoms with Crippen molar-refractivity contribution in [3.8, 4) is 0 Å². The van der Waals surface area contributed by atoms with Crippen molar-refractivity contribution >= 4 is 28.5 Å². The fraction of sp³-hybridized carbons (Fsp3) is 0.300. The molecule has 2 aromatic heterocycles. The minimum absolute atomic E-state index is 0.116. The quantitative estimate of drug-likeness (QED) is 0.304. The first-order valence-electron chi connectivity index (χ1n) is 12.0. The van der Waals surface area contributed by atoms with E-state index in [-0.39, 0.29) is 18.0 Å². The van der Waals surface area contributed by atoms with Gasteiger partial charge in [-0.05, 0) is 66.5 Å². The van der Waals surface area contributed by atoms with E-state index in [2.05, 4.69) is 56.3 Å². The Bertz CT molecular complexity index is 1430. The van der Waals surface area contributed by atoms with Crippen LogP contribution in [0.1, 0.15) is 77.0 Å². The molecule has 0 bridgehead atoms. The summed E-state index contributed by atoms with van der Waals surface area (Å²) in [5, 5.41) is 4.78. The number of benzene rings is 2. The van der Waals surface area contributed by atoms with E-state index in [1.54, 1.807) is 0 Å². The van der Waals surface area contributed by atoms with E-state index in [9.17, 15) is 4.79 Å². The second-order valence-electron chi connectivity index (χ2n) is 10.3. The van der Waals surface area contributed by atoms with Gasteiger partial charge in [0.2, 0.25) is 0 Å². The molecule has 0 unspecified atom stereocenters. The molecular formula is C30H30N2O3. The highest BCUT2D eigenvalue weighted by atomic mass is 16.5. The number of esters is 1. The third-order valence-corrected chi connectivity index (χ3v) is 6.79. The number of carbonyl (C=O) groups excluding carboxylic acids is 1. The van der Waals surface area contributed by atoms with Gasteiger partial charge in [-0.1, -0.05) is 68.4 Å². The van der Waals surface area contributed by atoms with Crippen LogP contribution in [-0.4, -0.2) is 16.1 Å². The molecule has 0 saturated heterocycles. The maximum atomic E-state index is 13.4. The number of carbonyl (C=O) groups is 1. The van der Waals surface area contributed by atoms with Crippen molar-refractivity contribution in [3.05, 3.63) is 93.5 Å². The number of allylic oxidation sites excluding steroid dienone is 1. The summed E-state index contributed by atoms with van der Waals surface area (Å²) in [5.74, 6) is 0.332. The van der Waals surface area contributed by atoms with Crippen molar-refractivity contribution in [1.82, 2.24) is 10.1 Å². The lowest BCUT2D eigenvalue weighted by atomic mass is 9.86. The largest absolute Gasteiger partial charge is 0.457 e. The van der Waals surface area contributed by atoms with Gasteiger partial charge >= 0.3 is 5.97 Å². The molecular weight excluding hydrogens is 436 g/mol. The molecule has 5 heteroatoms. The van der Waals surface area contributed by atoms with Crippen LogP contribution in [0.15, 0.2) is 53.1 Å². The molecule has 0 amide bonds. The van der Waals surface area contributed by atoms with E-state index in [4.69, 9.17) is 14.2 Å². The van der Waals surface area contributed by atoms with Crippen molar-refractivity contribution in [1.29, 1.82) is 0 Å². The second-order valence-corrected chi connectivity index (χ2v) is 10.3. The molecule has 5 rings (SSSR count). The first-order chi connectivity index (χ1) is 16.7. The van der Waals surface area contributed by atoms with Gasteiger partial charge in [-0.15, -0.1) is 0 Å². The molecule has 0 N–H and O–H groups in total. The Labute approximate surface area is 205 Å². The summed E-state index contributed by atoms with van der Waals surface area (Å²) in [5.41, 5.74) is 8.53. The fourth-order valence-electron chi connectivity index (χ4n) is 4.71. The van der Waals surface area contributed by atoms with Crippen LogP contribution in [0.25, 0.3) is 22.6 Å². The predicted molar refractivity (Wildman–Crippen MR) is 138 cm³/mol. The average molecular weight is 467 g/mol. The molecule has 35 heavy (non-hydrogen) atoms. The molecule has 0 atom stereocenters. The fourth-order valence-corrected chi connectivity index (χ4v) is 4.71. The van der Waals surface area contributed by atoms with Gasteiger partial charge in [0.05, 0.1) is 28.0 Å². The Hall–Kier alpha value is -3.73. The number of pyridine rings is 1. The monoisotopic (exact) mass is 466 g/mol. The van der Waals surface area contributed by atoms with Gasteiger partial charge in [0.25, 0.3) is 0 Å². The van der Waals surface area contributed by atoms with E-state index in [1.165, 1.54) is 5.56 Å². The molecule has 0 radical (unpaired) electrons. The highest BCUT2D eigenvalue weighted by Gasteiger charge is 2.28. The SMILES string of the molecule is Cc1noc(C)c1COC(=O)c1c2c(nc3ccccc13)C(=Cc1ccc(C(C)(C)C)cc1)CC2. The number of aryl methyl sites for hydroxylation is 2. The molecule has 4 aromatic rings. The predicted octanol–water partition coefficient (Wildman–Crippen LogP) is 6.98. The molecule has 2 heterocycles. The molecule has 1 aliphatic rings. The van der Waals surface area contributed by atoms with E-state index in [0.29, 0.717) is 11.3 Å². The number of hydrogen-bond acceptors (Lipinski definition) is 5. The first-order valence-corrected chi connectivity index (χ1v) is 12.0. The molecule has 0 fully saturated rings. The summed E-state index contributed by atoms with van der Waals surface area (Å²) in [6, 6.07) is 16.5. The summed E-state index contributed by atoms with van der Waals surface area (Å²) < 4.78 is 11.0. The summed E-state index contributed by atoms with van der Waals surface area (Å²) in [4.78, 5) is 18.4. The lowest BCUT2D eigenvalue weighted by molar-refractivity contribution is 0.0472. The number of fused-ring (bicyclic) bond motifs is 2. The van der Waals surface area contributed by atoms with Crippen molar-refractivity contribution in [3.63, 3.8) is 0 Å². The number of para-hydroxylation sites is 1. The zero-order valence-corrected chi connectivity index (χ0v) is 20.9. The molecule has 0 saturated carbocycles. The molecule has 5 nitrogen and oxygen atoms in total. The summed E-state index contributed by atoms with van der Waals surface area (Å²) in [6.45, 7) is 10.5. The van der Waals surface area contributed by atoms with E-state index in [0.717, 1.165) is 57.4 Å². The topological polar surface area (TPSA) is 65.2 Å². The first kappa shape index (κ1) is 23.0. The van der Waals surface area contributed by atoms with E-state index >= 15 is 0 Å². The van der Waals surface area contributed by atoms with Gasteiger partial charge in [-0.3, -0.25) is 0 Å². The number of aromatic nitrogens is 2. The zero-order valence-electron chi connectivity index (χ0n) is 20.9. The van der Waals surface area contributed by atoms with Crippen LogP contribution in [-0.2, 0) is 23.2 Å². The average Bonchev–Trinajstić information content (AvgIpc) is 3.37. The molecule has 0 spiro atoms. The van der Waals surface area contributed by atoms with Crippen LogP contribution >= 0.6 is 0 Å². The summed E-state index contributed by atoms with van der Waals surface area (Å²) in [6.07, 6.45) is 3.79. The third kappa shape index (κ3) is 4.39. The Kier molecular flexibility index (Phi) is 5.79. The van der Waals surface area contributed by atoms with Crippen LogP contribution in [0.2, 0.25) is 0 Å². The van der Waals surface area contributed by atoms with Crippen molar-refractivity contribution in [2.24, 2.45) is 0 Å². The van der Waals surface area contributed by atoms with Crippen molar-refractivity contribution in [2.45, 2.75) is 59.5 Å². The standard InChI is InChI=1S/C30H30N2O3/c1-18-25(19(2)35-32-18)17-34-29(33)27-23-8-6-7-9-26(23)31-28-21(12-15-24(27)28)16-20-10-13-22(14-11-20)30(3,4)5/h6-11,13-14,16H,12,15,17H2,1-5H3. The molecule has 1 aliphatic carbocycles. The van der Waals surface area contributed by atoms with E-state index in [1.807, 2.05) is 38.1 Å². The van der Waals surface area contributed by atoms with Gasteiger partial charge in [0.15, 0.2) is 0 Å². The minimum atomic E-state index is -0.337. The summed E-state index contributed by atoms with van der Waals surface area (Å²) >= 11 is 0. The highest BCUT2D eigenvalue weighted by Crippen LogP contribution is 2.38. The van der Waals surface area contributed by atoms with Crippen LogP contribution in [0.5, 0.6) is 0 Å². The maximum absolute atomic E-state index is 13.4. The van der Waals surface area contributed by atoms with Crippen molar-refractivity contribution < 1.29 is 14.1 Å². The van der Waals surface area contributed by atoms with Gasteiger partial charge < -0.3 is 9.26 Å². The number of rotatable bonds is 4. The smallest absolute Gasteiger partial charge is 0.339 e. The Morgan fingerprint density at radius 3 is 2.49 bits per heavy atom. The van der Waals surface area contributed by atoms with Crippen LogP contribution in [0, 0.1) is 13.8 Å². The zero-order chi connectivity index (χ0) is 24.7. The van der Waals surface area contributed by atoms with Crippen LogP contribution in [0.3, 0.4) is 0 Å². The number of nitrogens with zero attached hydrogens (tertiary/aromatic N) is 2.